The molecule has 2 nitrogen and oxygen atoms in total. The average molecular weight is 284 g/mol. The van der Waals surface area contributed by atoms with Gasteiger partial charge in [0.2, 0.25) is 0 Å². The molecule has 1 rings (SSSR count). The molecule has 1 aromatic rings. The van der Waals surface area contributed by atoms with E-state index in [1.807, 2.05) is 6.07 Å². The second-order valence-electron chi connectivity index (χ2n) is 5.55. The predicted octanol–water partition coefficient (Wildman–Crippen LogP) is 4.74. The van der Waals surface area contributed by atoms with Gasteiger partial charge in [-0.1, -0.05) is 51.1 Å². The molecular formula is C16H26ClNO. The summed E-state index contributed by atoms with van der Waals surface area (Å²) in [7, 11) is 0. The SMILES string of the molecule is CC(C)CCCCCCNCc1cc(Cl)ccc1O. The van der Waals surface area contributed by atoms with Crippen molar-refractivity contribution in [3.05, 3.63) is 28.8 Å². The van der Waals surface area contributed by atoms with Crippen LogP contribution in [0.3, 0.4) is 0 Å². The van der Waals surface area contributed by atoms with Crippen LogP contribution in [-0.2, 0) is 6.54 Å². The van der Waals surface area contributed by atoms with Crippen molar-refractivity contribution >= 4 is 11.6 Å². The van der Waals surface area contributed by atoms with Crippen molar-refractivity contribution in [3.63, 3.8) is 0 Å². The topological polar surface area (TPSA) is 32.3 Å². The molecule has 0 spiro atoms. The van der Waals surface area contributed by atoms with Crippen LogP contribution in [0.4, 0.5) is 0 Å². The molecule has 2 N–H and O–H groups in total. The molecule has 0 heterocycles. The molecular weight excluding hydrogens is 258 g/mol. The van der Waals surface area contributed by atoms with Gasteiger partial charge in [-0.3, -0.25) is 0 Å². The highest BCUT2D eigenvalue weighted by Crippen LogP contribution is 2.21. The zero-order valence-electron chi connectivity index (χ0n) is 12.1. The maximum Gasteiger partial charge on any atom is 0.120 e. The highest BCUT2D eigenvalue weighted by molar-refractivity contribution is 6.30. The lowest BCUT2D eigenvalue weighted by molar-refractivity contribution is 0.463. The lowest BCUT2D eigenvalue weighted by Crippen LogP contribution is -2.14. The van der Waals surface area contributed by atoms with Crippen LogP contribution in [0.1, 0.15) is 51.5 Å². The number of nitrogens with one attached hydrogen (secondary N) is 1. The van der Waals surface area contributed by atoms with E-state index in [4.69, 9.17) is 11.6 Å². The largest absolute Gasteiger partial charge is 0.508 e. The van der Waals surface area contributed by atoms with Crippen molar-refractivity contribution in [1.82, 2.24) is 5.32 Å². The molecule has 0 amide bonds. The van der Waals surface area contributed by atoms with Crippen molar-refractivity contribution in [1.29, 1.82) is 0 Å². The summed E-state index contributed by atoms with van der Waals surface area (Å²) in [4.78, 5) is 0. The summed E-state index contributed by atoms with van der Waals surface area (Å²) in [6.45, 7) is 6.23. The van der Waals surface area contributed by atoms with E-state index in [9.17, 15) is 5.11 Å². The number of aromatic hydroxyl groups is 1. The molecule has 3 heteroatoms. The molecule has 0 atom stereocenters. The molecule has 0 radical (unpaired) electrons. The number of phenols is 1. The van der Waals surface area contributed by atoms with Gasteiger partial charge in [0, 0.05) is 17.1 Å². The number of rotatable bonds is 9. The maximum absolute atomic E-state index is 9.66. The molecule has 0 fully saturated rings. The molecule has 0 saturated carbocycles. The van der Waals surface area contributed by atoms with Gasteiger partial charge in [-0.05, 0) is 37.1 Å². The van der Waals surface area contributed by atoms with Gasteiger partial charge in [0.25, 0.3) is 0 Å². The van der Waals surface area contributed by atoms with Crippen LogP contribution in [0.25, 0.3) is 0 Å². The first-order valence-corrected chi connectivity index (χ1v) is 7.65. The van der Waals surface area contributed by atoms with Crippen molar-refractivity contribution in [2.24, 2.45) is 5.92 Å². The minimum absolute atomic E-state index is 0.314. The van der Waals surface area contributed by atoms with E-state index >= 15 is 0 Å². The lowest BCUT2D eigenvalue weighted by Gasteiger charge is -2.08. The van der Waals surface area contributed by atoms with Crippen molar-refractivity contribution in [2.75, 3.05) is 6.54 Å². The fourth-order valence-electron chi connectivity index (χ4n) is 2.07. The van der Waals surface area contributed by atoms with E-state index in [0.29, 0.717) is 17.3 Å². The number of hydrogen-bond donors (Lipinski definition) is 2. The van der Waals surface area contributed by atoms with Gasteiger partial charge in [0.05, 0.1) is 0 Å². The summed E-state index contributed by atoms with van der Waals surface area (Å²) in [6.07, 6.45) is 6.47. The molecule has 0 aliphatic carbocycles. The number of benzene rings is 1. The Hall–Kier alpha value is -0.730. The van der Waals surface area contributed by atoms with Gasteiger partial charge in [-0.25, -0.2) is 0 Å². The summed E-state index contributed by atoms with van der Waals surface area (Å²) in [5, 5.41) is 13.7. The maximum atomic E-state index is 9.66. The van der Waals surface area contributed by atoms with E-state index in [-0.39, 0.29) is 0 Å². The Morgan fingerprint density at radius 1 is 1.16 bits per heavy atom. The molecule has 19 heavy (non-hydrogen) atoms. The predicted molar refractivity (Wildman–Crippen MR) is 82.7 cm³/mol. The van der Waals surface area contributed by atoms with E-state index in [1.165, 1.54) is 32.1 Å². The lowest BCUT2D eigenvalue weighted by atomic mass is 10.0. The summed E-state index contributed by atoms with van der Waals surface area (Å²) in [6, 6.07) is 5.16. The Labute approximate surface area is 122 Å². The third-order valence-corrected chi connectivity index (χ3v) is 3.48. The Morgan fingerprint density at radius 2 is 1.89 bits per heavy atom. The van der Waals surface area contributed by atoms with Crippen molar-refractivity contribution in [2.45, 2.75) is 52.5 Å². The zero-order valence-corrected chi connectivity index (χ0v) is 12.8. The minimum atomic E-state index is 0.314. The molecule has 0 aliphatic rings. The molecule has 0 saturated heterocycles. The number of halogens is 1. The van der Waals surface area contributed by atoms with Crippen LogP contribution >= 0.6 is 11.6 Å². The summed E-state index contributed by atoms with van der Waals surface area (Å²) < 4.78 is 0. The summed E-state index contributed by atoms with van der Waals surface area (Å²) >= 11 is 5.90. The Morgan fingerprint density at radius 3 is 2.63 bits per heavy atom. The summed E-state index contributed by atoms with van der Waals surface area (Å²) in [5.41, 5.74) is 0.868. The van der Waals surface area contributed by atoms with Crippen LogP contribution in [0, 0.1) is 5.92 Å². The van der Waals surface area contributed by atoms with Gasteiger partial charge in [-0.15, -0.1) is 0 Å². The number of unbranched alkanes of at least 4 members (excludes halogenated alkanes) is 3. The highest BCUT2D eigenvalue weighted by atomic mass is 35.5. The van der Waals surface area contributed by atoms with Gasteiger partial charge in [0.15, 0.2) is 0 Å². The third kappa shape index (κ3) is 7.44. The van der Waals surface area contributed by atoms with Crippen LogP contribution in [0.5, 0.6) is 5.75 Å². The van der Waals surface area contributed by atoms with Gasteiger partial charge >= 0.3 is 0 Å². The first-order valence-electron chi connectivity index (χ1n) is 7.27. The van der Waals surface area contributed by atoms with E-state index in [0.717, 1.165) is 18.0 Å². The smallest absolute Gasteiger partial charge is 0.120 e. The highest BCUT2D eigenvalue weighted by Gasteiger charge is 2.01. The van der Waals surface area contributed by atoms with Gasteiger partial charge < -0.3 is 10.4 Å². The van der Waals surface area contributed by atoms with Crippen molar-refractivity contribution < 1.29 is 5.11 Å². The number of hydrogen-bond acceptors (Lipinski definition) is 2. The van der Waals surface area contributed by atoms with E-state index in [2.05, 4.69) is 19.2 Å². The molecule has 0 aliphatic heterocycles. The first-order chi connectivity index (χ1) is 9.09. The van der Waals surface area contributed by atoms with Crippen LogP contribution < -0.4 is 5.32 Å². The second kappa shape index (κ2) is 9.22. The van der Waals surface area contributed by atoms with Crippen LogP contribution in [-0.4, -0.2) is 11.7 Å². The monoisotopic (exact) mass is 283 g/mol. The molecule has 0 unspecified atom stereocenters. The zero-order chi connectivity index (χ0) is 14.1. The minimum Gasteiger partial charge on any atom is -0.508 e. The molecule has 0 aromatic heterocycles. The Kier molecular flexibility index (Phi) is 7.92. The van der Waals surface area contributed by atoms with E-state index in [1.54, 1.807) is 12.1 Å². The summed E-state index contributed by atoms with van der Waals surface area (Å²) in [5.74, 6) is 1.14. The van der Waals surface area contributed by atoms with Gasteiger partial charge in [-0.2, -0.15) is 0 Å². The molecule has 108 valence electrons. The Bertz CT molecular complexity index is 366. The van der Waals surface area contributed by atoms with Crippen molar-refractivity contribution in [3.8, 4) is 5.75 Å². The second-order valence-corrected chi connectivity index (χ2v) is 5.98. The first kappa shape index (κ1) is 16.3. The van der Waals surface area contributed by atoms with E-state index < -0.39 is 0 Å². The fourth-order valence-corrected chi connectivity index (χ4v) is 2.27. The molecule has 0 bridgehead atoms. The molecule has 1 aromatic carbocycles. The Balaban J connectivity index is 2.06. The van der Waals surface area contributed by atoms with Crippen LogP contribution in [0.2, 0.25) is 5.02 Å². The van der Waals surface area contributed by atoms with Crippen LogP contribution in [0.15, 0.2) is 18.2 Å². The van der Waals surface area contributed by atoms with Gasteiger partial charge in [0.1, 0.15) is 5.75 Å². The quantitative estimate of drug-likeness (QED) is 0.642. The third-order valence-electron chi connectivity index (χ3n) is 3.24. The number of phenolic OH excluding ortho intramolecular Hbond substituents is 1. The average Bonchev–Trinajstić information content (AvgIpc) is 2.36. The fraction of sp³-hybridized carbons (Fsp3) is 0.625. The normalized spacial score (nSPS) is 11.2. The standard InChI is InChI=1S/C16H26ClNO/c1-13(2)7-5-3-4-6-10-18-12-14-11-15(17)8-9-16(14)19/h8-9,11,13,18-19H,3-7,10,12H2,1-2H3.